The maximum Gasteiger partial charge on any atom is 0.130 e. The van der Waals surface area contributed by atoms with Crippen molar-refractivity contribution in [3.63, 3.8) is 0 Å². The normalized spacial score (nSPS) is 11.7. The van der Waals surface area contributed by atoms with E-state index < -0.39 is 0 Å². The van der Waals surface area contributed by atoms with Gasteiger partial charge < -0.3 is 14.3 Å². The monoisotopic (exact) mass is 467 g/mol. The minimum atomic E-state index is -0.118. The van der Waals surface area contributed by atoms with Crippen LogP contribution >= 0.6 is 35.0 Å². The standard InChI is InChI=1S/C23H27Cl2NO3S/c1-5-29-26-21(23(2,3)4)16-28-18-8-12-20(13-9-18)30-19-10-6-17(7-11-19)27-15-14-22(24)25/h6-14H,5,15-16H2,1-4H3. The minimum Gasteiger partial charge on any atom is -0.489 e. The number of hydrogen-bond acceptors (Lipinski definition) is 5. The summed E-state index contributed by atoms with van der Waals surface area (Å²) in [5.41, 5.74) is 0.752. The van der Waals surface area contributed by atoms with Crippen molar-refractivity contribution in [2.45, 2.75) is 37.5 Å². The molecule has 2 aromatic rings. The molecule has 0 bridgehead atoms. The van der Waals surface area contributed by atoms with Crippen LogP contribution in [0.1, 0.15) is 27.7 Å². The van der Waals surface area contributed by atoms with E-state index in [9.17, 15) is 0 Å². The van der Waals surface area contributed by atoms with E-state index in [0.29, 0.717) is 19.8 Å². The first-order valence-corrected chi connectivity index (χ1v) is 11.2. The van der Waals surface area contributed by atoms with Crippen LogP contribution in [-0.2, 0) is 4.84 Å². The zero-order valence-electron chi connectivity index (χ0n) is 17.7. The second kappa shape index (κ2) is 12.1. The fourth-order valence-electron chi connectivity index (χ4n) is 2.22. The SMILES string of the molecule is CCON=C(COc1ccc(Sc2ccc(OCC=C(Cl)Cl)cc2)cc1)C(C)(C)C. The van der Waals surface area contributed by atoms with Crippen molar-refractivity contribution in [3.05, 3.63) is 59.1 Å². The van der Waals surface area contributed by atoms with Gasteiger partial charge >= 0.3 is 0 Å². The quantitative estimate of drug-likeness (QED) is 0.270. The van der Waals surface area contributed by atoms with Gasteiger partial charge in [-0.3, -0.25) is 0 Å². The summed E-state index contributed by atoms with van der Waals surface area (Å²) in [5, 5.41) is 4.20. The molecular formula is C23H27Cl2NO3S. The molecule has 2 rings (SSSR count). The van der Waals surface area contributed by atoms with Crippen LogP contribution in [-0.4, -0.2) is 25.5 Å². The van der Waals surface area contributed by atoms with Crippen molar-refractivity contribution < 1.29 is 14.3 Å². The van der Waals surface area contributed by atoms with Gasteiger partial charge in [0.2, 0.25) is 0 Å². The Morgan fingerprint density at radius 1 is 0.933 bits per heavy atom. The average molecular weight is 468 g/mol. The second-order valence-corrected chi connectivity index (χ2v) is 9.50. The summed E-state index contributed by atoms with van der Waals surface area (Å²) in [5.74, 6) is 1.56. The highest BCUT2D eigenvalue weighted by atomic mass is 35.5. The summed E-state index contributed by atoms with van der Waals surface area (Å²) >= 11 is 12.8. The molecular weight excluding hydrogens is 441 g/mol. The lowest BCUT2D eigenvalue weighted by Gasteiger charge is -2.21. The van der Waals surface area contributed by atoms with Crippen LogP contribution in [0.25, 0.3) is 0 Å². The van der Waals surface area contributed by atoms with Gasteiger partial charge in [-0.15, -0.1) is 0 Å². The Kier molecular flexibility index (Phi) is 9.89. The van der Waals surface area contributed by atoms with Gasteiger partial charge in [0.05, 0.1) is 5.71 Å². The molecule has 0 atom stereocenters. The molecule has 0 saturated heterocycles. The van der Waals surface area contributed by atoms with E-state index in [1.54, 1.807) is 17.8 Å². The Bertz CT molecular complexity index is 840. The van der Waals surface area contributed by atoms with Crippen LogP contribution in [0, 0.1) is 5.41 Å². The van der Waals surface area contributed by atoms with Crippen LogP contribution in [0.4, 0.5) is 0 Å². The summed E-state index contributed by atoms with van der Waals surface area (Å²) < 4.78 is 11.6. The van der Waals surface area contributed by atoms with Crippen LogP contribution in [0.15, 0.2) is 74.0 Å². The molecule has 0 radical (unpaired) electrons. The molecule has 0 fully saturated rings. The number of halogens is 2. The summed E-state index contributed by atoms with van der Waals surface area (Å²) in [6, 6.07) is 15.9. The molecule has 2 aromatic carbocycles. The van der Waals surface area contributed by atoms with Crippen molar-refractivity contribution in [1.82, 2.24) is 0 Å². The number of benzene rings is 2. The van der Waals surface area contributed by atoms with Gasteiger partial charge in [-0.2, -0.15) is 0 Å². The maximum atomic E-state index is 5.91. The number of rotatable bonds is 10. The number of ether oxygens (including phenoxy) is 2. The van der Waals surface area contributed by atoms with E-state index in [1.807, 2.05) is 55.5 Å². The van der Waals surface area contributed by atoms with E-state index in [4.69, 9.17) is 37.5 Å². The zero-order valence-corrected chi connectivity index (χ0v) is 20.0. The Labute approximate surface area is 193 Å². The highest BCUT2D eigenvalue weighted by Crippen LogP contribution is 2.30. The summed E-state index contributed by atoms with van der Waals surface area (Å²) in [6.45, 7) is 9.45. The lowest BCUT2D eigenvalue weighted by atomic mass is 9.90. The van der Waals surface area contributed by atoms with Crippen LogP contribution < -0.4 is 9.47 Å². The van der Waals surface area contributed by atoms with E-state index >= 15 is 0 Å². The highest BCUT2D eigenvalue weighted by molar-refractivity contribution is 7.99. The maximum absolute atomic E-state index is 5.91. The molecule has 0 aliphatic rings. The van der Waals surface area contributed by atoms with E-state index in [0.717, 1.165) is 27.0 Å². The molecule has 0 N–H and O–H groups in total. The fraction of sp³-hybridized carbons (Fsp3) is 0.348. The largest absolute Gasteiger partial charge is 0.489 e. The topological polar surface area (TPSA) is 40.0 Å². The van der Waals surface area contributed by atoms with Gasteiger partial charge in [0.1, 0.15) is 35.8 Å². The lowest BCUT2D eigenvalue weighted by molar-refractivity contribution is 0.152. The van der Waals surface area contributed by atoms with Gasteiger partial charge in [-0.05, 0) is 61.5 Å². The van der Waals surface area contributed by atoms with E-state index in [1.165, 1.54) is 0 Å². The molecule has 0 amide bonds. The predicted octanol–water partition coefficient (Wildman–Crippen LogP) is 7.35. The van der Waals surface area contributed by atoms with Crippen molar-refractivity contribution in [3.8, 4) is 11.5 Å². The third-order valence-corrected chi connectivity index (χ3v) is 5.24. The van der Waals surface area contributed by atoms with Crippen LogP contribution in [0.5, 0.6) is 11.5 Å². The van der Waals surface area contributed by atoms with Crippen molar-refractivity contribution >= 4 is 40.7 Å². The first-order chi connectivity index (χ1) is 14.3. The smallest absolute Gasteiger partial charge is 0.130 e. The van der Waals surface area contributed by atoms with Crippen LogP contribution in [0.2, 0.25) is 0 Å². The minimum absolute atomic E-state index is 0.118. The second-order valence-electron chi connectivity index (χ2n) is 7.34. The molecule has 7 heteroatoms. The molecule has 0 spiro atoms. The third kappa shape index (κ3) is 8.90. The molecule has 0 saturated carbocycles. The summed E-state index contributed by atoms with van der Waals surface area (Å²) in [4.78, 5) is 7.45. The van der Waals surface area contributed by atoms with E-state index in [2.05, 4.69) is 25.9 Å². The highest BCUT2D eigenvalue weighted by Gasteiger charge is 2.20. The Morgan fingerprint density at radius 2 is 1.47 bits per heavy atom. The molecule has 4 nitrogen and oxygen atoms in total. The first kappa shape index (κ1) is 24.4. The predicted molar refractivity (Wildman–Crippen MR) is 126 cm³/mol. The molecule has 0 aliphatic carbocycles. The summed E-state index contributed by atoms with van der Waals surface area (Å²) in [7, 11) is 0. The Morgan fingerprint density at radius 3 is 1.93 bits per heavy atom. The van der Waals surface area contributed by atoms with Gasteiger partial charge in [-0.25, -0.2) is 0 Å². The molecule has 30 heavy (non-hydrogen) atoms. The fourth-order valence-corrected chi connectivity index (χ4v) is 3.16. The van der Waals surface area contributed by atoms with Gasteiger partial charge in [-0.1, -0.05) is 60.9 Å². The summed E-state index contributed by atoms with van der Waals surface area (Å²) in [6.07, 6.45) is 1.60. The lowest BCUT2D eigenvalue weighted by Crippen LogP contribution is -2.27. The number of oxime groups is 1. The van der Waals surface area contributed by atoms with E-state index in [-0.39, 0.29) is 9.91 Å². The number of hydrogen-bond donors (Lipinski definition) is 0. The molecule has 0 aliphatic heterocycles. The number of nitrogens with zero attached hydrogens (tertiary/aromatic N) is 1. The molecule has 0 heterocycles. The van der Waals surface area contributed by atoms with Gasteiger partial charge in [0.15, 0.2) is 0 Å². The zero-order chi connectivity index (χ0) is 22.0. The Balaban J connectivity index is 1.90. The van der Waals surface area contributed by atoms with Crippen molar-refractivity contribution in [1.29, 1.82) is 0 Å². The van der Waals surface area contributed by atoms with Gasteiger partial charge in [0, 0.05) is 15.2 Å². The molecule has 162 valence electrons. The molecule has 0 unspecified atom stereocenters. The average Bonchev–Trinajstić information content (AvgIpc) is 2.69. The van der Waals surface area contributed by atoms with Crippen molar-refractivity contribution in [2.24, 2.45) is 10.6 Å². The first-order valence-electron chi connectivity index (χ1n) is 9.62. The van der Waals surface area contributed by atoms with Gasteiger partial charge in [0.25, 0.3) is 0 Å². The van der Waals surface area contributed by atoms with Crippen LogP contribution in [0.3, 0.4) is 0 Å². The van der Waals surface area contributed by atoms with Crippen molar-refractivity contribution in [2.75, 3.05) is 19.8 Å². The third-order valence-electron chi connectivity index (χ3n) is 3.92. The molecule has 0 aromatic heterocycles. The Hall–Kier alpha value is -1.82.